The average Bonchev–Trinajstić information content (AvgIpc) is 3.44. The van der Waals surface area contributed by atoms with Gasteiger partial charge in [-0.2, -0.15) is 0 Å². The lowest BCUT2D eigenvalue weighted by Crippen LogP contribution is -2.67. The summed E-state index contributed by atoms with van der Waals surface area (Å²) in [7, 11) is -2.90. The van der Waals surface area contributed by atoms with Crippen LogP contribution in [0.3, 0.4) is 0 Å². The Kier molecular flexibility index (Phi) is 10.2. The number of benzene rings is 1. The number of rotatable bonds is 12. The number of sulfone groups is 1. The van der Waals surface area contributed by atoms with E-state index in [4.69, 9.17) is 0 Å². The molecule has 1 aromatic rings. The van der Waals surface area contributed by atoms with Gasteiger partial charge in [-0.05, 0) is 165 Å². The number of hydrogen-bond donors (Lipinski definition) is 2. The number of nitrogens with one attached hydrogen (secondary N) is 1. The molecule has 5 aliphatic carbocycles. The zero-order valence-electron chi connectivity index (χ0n) is 32.4. The van der Waals surface area contributed by atoms with Crippen LogP contribution < -0.4 is 5.32 Å². The maximum atomic E-state index is 12.2. The van der Waals surface area contributed by atoms with E-state index in [1.165, 1.54) is 68.1 Å². The van der Waals surface area contributed by atoms with Gasteiger partial charge in [-0.3, -0.25) is 0 Å². The lowest BCUT2D eigenvalue weighted by Gasteiger charge is -2.71. The molecular formula is C44H67NO4S. The van der Waals surface area contributed by atoms with Crippen molar-refractivity contribution >= 4 is 21.4 Å². The Bertz CT molecular complexity index is 1590. The lowest BCUT2D eigenvalue weighted by molar-refractivity contribution is -0.207. The van der Waals surface area contributed by atoms with Crippen LogP contribution >= 0.6 is 0 Å². The van der Waals surface area contributed by atoms with Crippen LogP contribution in [0, 0.1) is 51.2 Å². The molecule has 0 spiro atoms. The summed E-state index contributed by atoms with van der Waals surface area (Å²) in [5.41, 5.74) is 5.28. The Labute approximate surface area is 304 Å². The predicted molar refractivity (Wildman–Crippen MR) is 207 cm³/mol. The van der Waals surface area contributed by atoms with Gasteiger partial charge in [0.15, 0.2) is 0 Å². The van der Waals surface area contributed by atoms with Gasteiger partial charge in [0.05, 0.1) is 11.3 Å². The van der Waals surface area contributed by atoms with E-state index in [1.54, 1.807) is 12.1 Å². The van der Waals surface area contributed by atoms with Crippen LogP contribution in [0.4, 0.5) is 0 Å². The molecule has 6 heteroatoms. The zero-order chi connectivity index (χ0) is 36.3. The first-order valence-electron chi connectivity index (χ1n) is 20.1. The molecule has 6 unspecified atom stereocenters. The average molecular weight is 706 g/mol. The molecule has 6 rings (SSSR count). The van der Waals surface area contributed by atoms with E-state index in [1.807, 2.05) is 19.1 Å². The number of aromatic carboxylic acids is 1. The van der Waals surface area contributed by atoms with Crippen molar-refractivity contribution in [2.24, 2.45) is 51.2 Å². The summed E-state index contributed by atoms with van der Waals surface area (Å²) in [4.78, 5) is 11.5. The largest absolute Gasteiger partial charge is 0.478 e. The summed E-state index contributed by atoms with van der Waals surface area (Å²) in [5, 5.41) is 13.7. The molecule has 0 bridgehead atoms. The Morgan fingerprint density at radius 3 is 2.12 bits per heavy atom. The van der Waals surface area contributed by atoms with Crippen molar-refractivity contribution in [2.75, 3.05) is 18.1 Å². The third kappa shape index (κ3) is 6.18. The molecule has 5 aliphatic rings. The summed E-state index contributed by atoms with van der Waals surface area (Å²) in [6, 6.07) is 7.59. The van der Waals surface area contributed by atoms with Crippen LogP contribution in [0.25, 0.3) is 5.57 Å². The predicted octanol–water partition coefficient (Wildman–Crippen LogP) is 10.4. The van der Waals surface area contributed by atoms with Gasteiger partial charge >= 0.3 is 5.97 Å². The van der Waals surface area contributed by atoms with Gasteiger partial charge in [0.25, 0.3) is 0 Å². The maximum Gasteiger partial charge on any atom is 0.335 e. The minimum absolute atomic E-state index is 0.0160. The van der Waals surface area contributed by atoms with Gasteiger partial charge in [-0.25, -0.2) is 13.2 Å². The van der Waals surface area contributed by atoms with Gasteiger partial charge in [0, 0.05) is 11.3 Å². The highest BCUT2D eigenvalue weighted by molar-refractivity contribution is 7.91. The van der Waals surface area contributed by atoms with Crippen LogP contribution in [0.1, 0.15) is 148 Å². The molecule has 50 heavy (non-hydrogen) atoms. The number of hydrogen-bond acceptors (Lipinski definition) is 4. The molecule has 0 aliphatic heterocycles. The molecule has 1 aromatic carbocycles. The molecular weight excluding hydrogens is 639 g/mol. The first-order valence-corrected chi connectivity index (χ1v) is 21.9. The summed E-state index contributed by atoms with van der Waals surface area (Å²) in [6.45, 7) is 22.8. The molecule has 0 amide bonds. The number of carbonyl (C=O) groups is 1. The molecule has 278 valence electrons. The SMILES string of the molecule is C=C(C)C1CCC2(NCCCCCS(=O)(=O)CCC)CCC3[C@]4(C)CCC5C(C)(C)C(c6ccc(C(=O)O)cc6)=CC[C@]5(C)C4CC[C@]3(C)C12. The van der Waals surface area contributed by atoms with Crippen LogP contribution in [-0.4, -0.2) is 43.1 Å². The van der Waals surface area contributed by atoms with E-state index in [-0.39, 0.29) is 21.8 Å². The van der Waals surface area contributed by atoms with Gasteiger partial charge in [0.1, 0.15) is 9.84 Å². The molecule has 0 aromatic heterocycles. The normalized spacial score (nSPS) is 39.0. The van der Waals surface area contributed by atoms with Gasteiger partial charge in [-0.15, -0.1) is 0 Å². The fourth-order valence-electron chi connectivity index (χ4n) is 14.1. The maximum absolute atomic E-state index is 12.2. The zero-order valence-corrected chi connectivity index (χ0v) is 33.2. The Morgan fingerprint density at radius 1 is 0.840 bits per heavy atom. The minimum atomic E-state index is -2.90. The van der Waals surface area contributed by atoms with E-state index in [9.17, 15) is 18.3 Å². The topological polar surface area (TPSA) is 83.5 Å². The molecule has 4 fully saturated rings. The van der Waals surface area contributed by atoms with Crippen molar-refractivity contribution in [1.29, 1.82) is 0 Å². The van der Waals surface area contributed by atoms with Crippen molar-refractivity contribution in [3.05, 3.63) is 53.6 Å². The minimum Gasteiger partial charge on any atom is -0.478 e. The fraction of sp³-hybridized carbons (Fsp3) is 0.750. The van der Waals surface area contributed by atoms with E-state index in [2.05, 4.69) is 59.5 Å². The van der Waals surface area contributed by atoms with Crippen molar-refractivity contribution in [3.63, 3.8) is 0 Å². The smallest absolute Gasteiger partial charge is 0.335 e. The van der Waals surface area contributed by atoms with E-state index < -0.39 is 15.8 Å². The summed E-state index contributed by atoms with van der Waals surface area (Å²) in [5.74, 6) is 2.92. The summed E-state index contributed by atoms with van der Waals surface area (Å²) >= 11 is 0. The Balaban J connectivity index is 1.22. The van der Waals surface area contributed by atoms with E-state index >= 15 is 0 Å². The Morgan fingerprint density at radius 2 is 1.46 bits per heavy atom. The second-order valence-electron chi connectivity index (χ2n) is 19.0. The second-order valence-corrected chi connectivity index (χ2v) is 21.3. The number of allylic oxidation sites excluding steroid dienone is 3. The molecule has 4 saturated carbocycles. The number of fused-ring (bicyclic) bond motifs is 7. The standard InChI is InChI=1S/C44H67NO4S/c1-9-28-50(48,49)29-12-10-11-27-45-44-25-17-33(30(2)3)38(44)43(8)24-20-36-41(6)22-18-34(31-13-15-32(16-14-31)39(46)47)40(4,5)35(41)19-23-42(36,7)37(43)21-26-44/h13-16,18,33,35-38,45H,2,9-12,17,19-29H2,1,3-8H3,(H,46,47)/t33?,35?,36?,37?,38?,41-,42+,43-,44?/m0/s1. The highest BCUT2D eigenvalue weighted by Crippen LogP contribution is 2.76. The third-order valence-corrected chi connectivity index (χ3v) is 17.9. The highest BCUT2D eigenvalue weighted by atomic mass is 32.2. The molecule has 0 heterocycles. The van der Waals surface area contributed by atoms with Crippen LogP contribution in [-0.2, 0) is 9.84 Å². The van der Waals surface area contributed by atoms with Gasteiger partial charge < -0.3 is 10.4 Å². The Hall–Kier alpha value is -1.92. The van der Waals surface area contributed by atoms with Crippen molar-refractivity contribution < 1.29 is 18.3 Å². The number of carboxylic acid groups (broad SMARTS) is 1. The highest BCUT2D eigenvalue weighted by Gasteiger charge is 2.70. The number of carboxylic acids is 1. The monoisotopic (exact) mass is 705 g/mol. The van der Waals surface area contributed by atoms with Crippen LogP contribution in [0.5, 0.6) is 0 Å². The van der Waals surface area contributed by atoms with Crippen molar-refractivity contribution in [2.45, 2.75) is 137 Å². The first-order chi connectivity index (χ1) is 23.5. The molecule has 0 radical (unpaired) electrons. The van der Waals surface area contributed by atoms with Crippen LogP contribution in [0.15, 0.2) is 42.5 Å². The summed E-state index contributed by atoms with van der Waals surface area (Å²) < 4.78 is 24.5. The molecule has 9 atom stereocenters. The van der Waals surface area contributed by atoms with Gasteiger partial charge in [0.2, 0.25) is 0 Å². The van der Waals surface area contributed by atoms with Crippen molar-refractivity contribution in [1.82, 2.24) is 5.32 Å². The van der Waals surface area contributed by atoms with E-state index in [0.29, 0.717) is 58.5 Å². The quantitative estimate of drug-likeness (QED) is 0.167. The number of unbranched alkanes of at least 4 members (excludes halogenated alkanes) is 2. The second kappa shape index (κ2) is 13.5. The van der Waals surface area contributed by atoms with E-state index in [0.717, 1.165) is 32.2 Å². The van der Waals surface area contributed by atoms with Crippen molar-refractivity contribution in [3.8, 4) is 0 Å². The van der Waals surface area contributed by atoms with Gasteiger partial charge in [-0.1, -0.05) is 78.3 Å². The molecule has 5 nitrogen and oxygen atoms in total. The molecule has 2 N–H and O–H groups in total. The fourth-order valence-corrected chi connectivity index (χ4v) is 15.5. The summed E-state index contributed by atoms with van der Waals surface area (Å²) in [6.07, 6.45) is 17.3. The first kappa shape index (κ1) is 37.8. The van der Waals surface area contributed by atoms with Crippen LogP contribution in [0.2, 0.25) is 0 Å². The molecule has 0 saturated heterocycles. The third-order valence-electron chi connectivity index (χ3n) is 15.9. The lowest BCUT2D eigenvalue weighted by atomic mass is 9.34.